The van der Waals surface area contributed by atoms with E-state index in [1.165, 1.54) is 12.1 Å². The maximum Gasteiger partial charge on any atom is 0.238 e. The minimum Gasteiger partial charge on any atom is -0.348 e. The van der Waals surface area contributed by atoms with Crippen molar-refractivity contribution < 1.29 is 9.18 Å². The van der Waals surface area contributed by atoms with Gasteiger partial charge in [0.05, 0.1) is 12.1 Å². The summed E-state index contributed by atoms with van der Waals surface area (Å²) < 4.78 is 12.8. The summed E-state index contributed by atoms with van der Waals surface area (Å²) >= 11 is 0. The van der Waals surface area contributed by atoms with E-state index in [9.17, 15) is 9.18 Å². The molecule has 2 unspecified atom stereocenters. The van der Waals surface area contributed by atoms with Crippen molar-refractivity contribution in [2.45, 2.75) is 33.7 Å². The second kappa shape index (κ2) is 5.83. The summed E-state index contributed by atoms with van der Waals surface area (Å²) in [6, 6.07) is 7.73. The lowest BCUT2D eigenvalue weighted by molar-refractivity contribution is -0.126. The number of nitriles is 1. The van der Waals surface area contributed by atoms with E-state index in [1.807, 2.05) is 33.8 Å². The molecule has 1 rings (SSSR count). The van der Waals surface area contributed by atoms with E-state index in [0.29, 0.717) is 0 Å². The average molecular weight is 262 g/mol. The van der Waals surface area contributed by atoms with Crippen LogP contribution >= 0.6 is 0 Å². The molecule has 0 bridgehead atoms. The minimum absolute atomic E-state index is 0.258. The maximum atomic E-state index is 12.8. The molecule has 1 N–H and O–H groups in total. The Morgan fingerprint density at radius 1 is 1.32 bits per heavy atom. The molecule has 1 amide bonds. The third-order valence-electron chi connectivity index (χ3n) is 2.99. The Morgan fingerprint density at radius 2 is 1.84 bits per heavy atom. The molecule has 0 saturated carbocycles. The highest BCUT2D eigenvalue weighted by Crippen LogP contribution is 2.26. The van der Waals surface area contributed by atoms with Gasteiger partial charge < -0.3 is 5.32 Å². The molecule has 0 radical (unpaired) electrons. The molecule has 0 spiro atoms. The summed E-state index contributed by atoms with van der Waals surface area (Å²) in [7, 11) is 0. The average Bonchev–Trinajstić information content (AvgIpc) is 2.28. The molecule has 0 aliphatic carbocycles. The molecule has 19 heavy (non-hydrogen) atoms. The van der Waals surface area contributed by atoms with Gasteiger partial charge >= 0.3 is 0 Å². The minimum atomic E-state index is -0.713. The van der Waals surface area contributed by atoms with Crippen LogP contribution in [0.5, 0.6) is 0 Å². The fourth-order valence-electron chi connectivity index (χ4n) is 1.78. The summed E-state index contributed by atoms with van der Waals surface area (Å²) in [6.45, 7) is 7.36. The highest BCUT2D eigenvalue weighted by molar-refractivity contribution is 5.82. The number of carbonyl (C=O) groups excluding carboxylic acids is 1. The highest BCUT2D eigenvalue weighted by atomic mass is 19.1. The second-order valence-corrected chi connectivity index (χ2v) is 5.71. The number of nitrogens with one attached hydrogen (secondary N) is 1. The van der Waals surface area contributed by atoms with Crippen molar-refractivity contribution in [1.29, 1.82) is 5.26 Å². The SMILES string of the molecule is CC(NC(=O)C(C#N)C(C)(C)C)c1ccc(F)cc1. The number of hydrogen-bond donors (Lipinski definition) is 1. The van der Waals surface area contributed by atoms with Crippen molar-refractivity contribution in [2.75, 3.05) is 0 Å². The number of halogens is 1. The van der Waals surface area contributed by atoms with E-state index in [1.54, 1.807) is 12.1 Å². The normalized spacial score (nSPS) is 14.3. The van der Waals surface area contributed by atoms with Gasteiger partial charge in [-0.05, 0) is 30.0 Å². The number of nitrogens with zero attached hydrogens (tertiary/aromatic N) is 1. The van der Waals surface area contributed by atoms with Crippen LogP contribution in [-0.2, 0) is 4.79 Å². The maximum absolute atomic E-state index is 12.8. The zero-order valence-corrected chi connectivity index (χ0v) is 11.7. The third kappa shape index (κ3) is 4.06. The number of carbonyl (C=O) groups is 1. The van der Waals surface area contributed by atoms with Crippen molar-refractivity contribution in [3.05, 3.63) is 35.6 Å². The van der Waals surface area contributed by atoms with Crippen LogP contribution in [0.25, 0.3) is 0 Å². The fraction of sp³-hybridized carbons (Fsp3) is 0.467. The van der Waals surface area contributed by atoms with Gasteiger partial charge in [0.15, 0.2) is 0 Å². The lowest BCUT2D eigenvalue weighted by atomic mass is 9.81. The Kier molecular flexibility index (Phi) is 4.66. The van der Waals surface area contributed by atoms with Crippen LogP contribution in [0.15, 0.2) is 24.3 Å². The smallest absolute Gasteiger partial charge is 0.238 e. The number of amides is 1. The van der Waals surface area contributed by atoms with Crippen LogP contribution < -0.4 is 5.32 Å². The Labute approximate surface area is 113 Å². The quantitative estimate of drug-likeness (QED) is 0.909. The molecule has 2 atom stereocenters. The zero-order valence-electron chi connectivity index (χ0n) is 11.7. The molecule has 0 aliphatic rings. The van der Waals surface area contributed by atoms with Crippen LogP contribution in [0.4, 0.5) is 4.39 Å². The van der Waals surface area contributed by atoms with Gasteiger partial charge in [-0.25, -0.2) is 4.39 Å². The molecule has 102 valence electrons. The Hall–Kier alpha value is -1.89. The number of rotatable bonds is 3. The molecule has 0 heterocycles. The monoisotopic (exact) mass is 262 g/mol. The first kappa shape index (κ1) is 15.2. The van der Waals surface area contributed by atoms with Gasteiger partial charge in [-0.15, -0.1) is 0 Å². The summed E-state index contributed by atoms with van der Waals surface area (Å²) in [6.07, 6.45) is 0. The molecule has 4 heteroatoms. The lowest BCUT2D eigenvalue weighted by Gasteiger charge is -2.25. The summed E-state index contributed by atoms with van der Waals surface area (Å²) in [5, 5.41) is 11.9. The van der Waals surface area contributed by atoms with E-state index in [-0.39, 0.29) is 17.8 Å². The van der Waals surface area contributed by atoms with Crippen molar-refractivity contribution >= 4 is 5.91 Å². The van der Waals surface area contributed by atoms with Gasteiger partial charge in [0, 0.05) is 0 Å². The molecule has 3 nitrogen and oxygen atoms in total. The zero-order chi connectivity index (χ0) is 14.6. The van der Waals surface area contributed by atoms with Gasteiger partial charge in [-0.2, -0.15) is 5.26 Å². The van der Waals surface area contributed by atoms with Crippen LogP contribution in [0.2, 0.25) is 0 Å². The van der Waals surface area contributed by atoms with Crippen LogP contribution in [0.1, 0.15) is 39.3 Å². The Balaban J connectivity index is 2.77. The van der Waals surface area contributed by atoms with Crippen LogP contribution in [-0.4, -0.2) is 5.91 Å². The fourth-order valence-corrected chi connectivity index (χ4v) is 1.78. The van der Waals surface area contributed by atoms with Crippen LogP contribution in [0.3, 0.4) is 0 Å². The molecule has 0 saturated heterocycles. The van der Waals surface area contributed by atoms with E-state index in [2.05, 4.69) is 5.32 Å². The first-order valence-electron chi connectivity index (χ1n) is 6.21. The summed E-state index contributed by atoms with van der Waals surface area (Å²) in [5.74, 6) is -1.32. The van der Waals surface area contributed by atoms with E-state index in [4.69, 9.17) is 5.26 Å². The topological polar surface area (TPSA) is 52.9 Å². The molecule has 0 aliphatic heterocycles. The van der Waals surface area contributed by atoms with Crippen molar-refractivity contribution in [3.63, 3.8) is 0 Å². The lowest BCUT2D eigenvalue weighted by Crippen LogP contribution is -2.38. The number of benzene rings is 1. The predicted octanol–water partition coefficient (Wildman–Crippen LogP) is 3.19. The van der Waals surface area contributed by atoms with Crippen molar-refractivity contribution in [3.8, 4) is 6.07 Å². The van der Waals surface area contributed by atoms with Crippen molar-refractivity contribution in [1.82, 2.24) is 5.32 Å². The standard InChI is InChI=1S/C15H19FN2O/c1-10(11-5-7-12(16)8-6-11)18-14(19)13(9-17)15(2,3)4/h5-8,10,13H,1-4H3,(H,18,19). The predicted molar refractivity (Wildman–Crippen MR) is 71.5 cm³/mol. The molecule has 0 fully saturated rings. The van der Waals surface area contributed by atoms with E-state index >= 15 is 0 Å². The highest BCUT2D eigenvalue weighted by Gasteiger charge is 2.31. The molecular formula is C15H19FN2O. The van der Waals surface area contributed by atoms with Gasteiger partial charge in [-0.1, -0.05) is 32.9 Å². The van der Waals surface area contributed by atoms with Crippen LogP contribution in [0, 0.1) is 28.5 Å². The summed E-state index contributed by atoms with van der Waals surface area (Å²) in [4.78, 5) is 12.1. The second-order valence-electron chi connectivity index (χ2n) is 5.71. The van der Waals surface area contributed by atoms with Gasteiger partial charge in [0.2, 0.25) is 5.91 Å². The third-order valence-corrected chi connectivity index (χ3v) is 2.99. The Bertz CT molecular complexity index is 482. The Morgan fingerprint density at radius 3 is 2.26 bits per heavy atom. The molecule has 1 aromatic carbocycles. The largest absolute Gasteiger partial charge is 0.348 e. The first-order valence-corrected chi connectivity index (χ1v) is 6.21. The molecular weight excluding hydrogens is 243 g/mol. The van der Waals surface area contributed by atoms with Gasteiger partial charge in [0.25, 0.3) is 0 Å². The van der Waals surface area contributed by atoms with E-state index < -0.39 is 11.3 Å². The van der Waals surface area contributed by atoms with E-state index in [0.717, 1.165) is 5.56 Å². The molecule has 0 aromatic heterocycles. The molecule has 1 aromatic rings. The van der Waals surface area contributed by atoms with Gasteiger partial charge in [0.1, 0.15) is 11.7 Å². The van der Waals surface area contributed by atoms with Crippen molar-refractivity contribution in [2.24, 2.45) is 11.3 Å². The first-order chi connectivity index (χ1) is 8.75. The van der Waals surface area contributed by atoms with Gasteiger partial charge in [-0.3, -0.25) is 4.79 Å². The summed E-state index contributed by atoms with van der Waals surface area (Å²) in [5.41, 5.74) is 0.391. The number of hydrogen-bond acceptors (Lipinski definition) is 2.